The van der Waals surface area contributed by atoms with Crippen LogP contribution in [0.4, 0.5) is 0 Å². The topological polar surface area (TPSA) is 63.6 Å². The molecule has 0 radical (unpaired) electrons. The summed E-state index contributed by atoms with van der Waals surface area (Å²) in [5.74, 6) is -0.0984. The Balaban J connectivity index is 1.73. The quantitative estimate of drug-likeness (QED) is 0.825. The molecule has 1 amide bonds. The second-order valence-electron chi connectivity index (χ2n) is 6.15. The van der Waals surface area contributed by atoms with Crippen molar-refractivity contribution in [2.24, 2.45) is 7.05 Å². The first kappa shape index (κ1) is 14.4. The molecule has 2 saturated heterocycles. The van der Waals surface area contributed by atoms with E-state index >= 15 is 0 Å². The Labute approximate surface area is 133 Å². The van der Waals surface area contributed by atoms with Crippen molar-refractivity contribution < 1.29 is 9.53 Å². The number of aromatic nitrogens is 1. The molecular weight excluding hydrogens is 294 g/mol. The number of likely N-dealkylation sites (tertiary alicyclic amines) is 1. The van der Waals surface area contributed by atoms with E-state index in [4.69, 9.17) is 4.74 Å². The molecule has 120 valence electrons. The smallest absolute Gasteiger partial charge is 0.254 e. The van der Waals surface area contributed by atoms with E-state index in [9.17, 15) is 9.59 Å². The van der Waals surface area contributed by atoms with Crippen molar-refractivity contribution in [3.05, 3.63) is 46.2 Å². The minimum atomic E-state index is -0.168. The Morgan fingerprint density at radius 1 is 1.30 bits per heavy atom. The highest BCUT2D eigenvalue weighted by molar-refractivity contribution is 6.06. The number of nitrogens with zero attached hydrogens (tertiary/aromatic N) is 2. The van der Waals surface area contributed by atoms with Crippen LogP contribution in [0.25, 0.3) is 10.9 Å². The van der Waals surface area contributed by atoms with Crippen LogP contribution in [0, 0.1) is 0 Å². The molecule has 0 unspecified atom stereocenters. The third kappa shape index (κ3) is 2.34. The molecule has 2 aromatic rings. The Hall–Kier alpha value is -2.18. The van der Waals surface area contributed by atoms with Gasteiger partial charge in [0.05, 0.1) is 29.8 Å². The van der Waals surface area contributed by atoms with E-state index in [1.165, 1.54) is 6.07 Å². The lowest BCUT2D eigenvalue weighted by Crippen LogP contribution is -2.47. The number of hydrogen-bond acceptors (Lipinski definition) is 4. The van der Waals surface area contributed by atoms with Crippen LogP contribution in [-0.4, -0.2) is 53.8 Å². The van der Waals surface area contributed by atoms with Crippen LogP contribution >= 0.6 is 0 Å². The summed E-state index contributed by atoms with van der Waals surface area (Å²) in [6.45, 7) is 2.68. The van der Waals surface area contributed by atoms with Crippen LogP contribution in [0.15, 0.2) is 35.1 Å². The zero-order chi connectivity index (χ0) is 16.0. The summed E-state index contributed by atoms with van der Waals surface area (Å²) in [4.78, 5) is 26.9. The lowest BCUT2D eigenvalue weighted by molar-refractivity contribution is 0.0176. The summed E-state index contributed by atoms with van der Waals surface area (Å²) in [7, 11) is 1.72. The zero-order valence-electron chi connectivity index (χ0n) is 13.0. The van der Waals surface area contributed by atoms with Gasteiger partial charge in [0.15, 0.2) is 0 Å². The van der Waals surface area contributed by atoms with Crippen molar-refractivity contribution in [1.82, 2.24) is 14.8 Å². The van der Waals surface area contributed by atoms with Crippen LogP contribution in [0.3, 0.4) is 0 Å². The van der Waals surface area contributed by atoms with E-state index < -0.39 is 0 Å². The SMILES string of the molecule is Cn1c(=O)cc(C(=O)N2C[C@@H]3NCCO[C@H]3C2)c2ccccc21. The van der Waals surface area contributed by atoms with Gasteiger partial charge in [-0.1, -0.05) is 18.2 Å². The highest BCUT2D eigenvalue weighted by atomic mass is 16.5. The van der Waals surface area contributed by atoms with Crippen LogP contribution in [0.2, 0.25) is 0 Å². The van der Waals surface area contributed by atoms with E-state index in [1.54, 1.807) is 16.5 Å². The van der Waals surface area contributed by atoms with Gasteiger partial charge in [-0.05, 0) is 6.07 Å². The summed E-state index contributed by atoms with van der Waals surface area (Å²) in [5.41, 5.74) is 1.08. The normalized spacial score (nSPS) is 24.0. The molecule has 0 saturated carbocycles. The number of fused-ring (bicyclic) bond motifs is 2. The fraction of sp³-hybridized carbons (Fsp3) is 0.412. The highest BCUT2D eigenvalue weighted by Crippen LogP contribution is 2.22. The molecule has 1 aromatic heterocycles. The Kier molecular flexibility index (Phi) is 3.43. The number of carbonyl (C=O) groups excluding carboxylic acids is 1. The van der Waals surface area contributed by atoms with Gasteiger partial charge < -0.3 is 19.5 Å². The summed E-state index contributed by atoms with van der Waals surface area (Å²) >= 11 is 0. The standard InChI is InChI=1S/C17H19N3O3/c1-19-14-5-3-2-4-11(14)12(8-16(19)21)17(22)20-9-13-15(10-20)23-7-6-18-13/h2-5,8,13,15,18H,6-7,9-10H2,1H3/t13-,15-/m0/s1. The van der Waals surface area contributed by atoms with Gasteiger partial charge in [-0.25, -0.2) is 0 Å². The minimum Gasteiger partial charge on any atom is -0.373 e. The fourth-order valence-corrected chi connectivity index (χ4v) is 3.52. The number of amides is 1. The maximum atomic E-state index is 13.0. The number of para-hydroxylation sites is 1. The van der Waals surface area contributed by atoms with E-state index in [2.05, 4.69) is 5.32 Å². The number of nitrogens with one attached hydrogen (secondary N) is 1. The summed E-state index contributed by atoms with van der Waals surface area (Å²) < 4.78 is 7.30. The van der Waals surface area contributed by atoms with Gasteiger partial charge in [-0.2, -0.15) is 0 Å². The van der Waals surface area contributed by atoms with Crippen molar-refractivity contribution in [3.63, 3.8) is 0 Å². The molecule has 2 fully saturated rings. The molecule has 23 heavy (non-hydrogen) atoms. The number of carbonyl (C=O) groups is 1. The summed E-state index contributed by atoms with van der Waals surface area (Å²) in [6, 6.07) is 9.14. The van der Waals surface area contributed by atoms with Crippen LogP contribution in [0.5, 0.6) is 0 Å². The maximum Gasteiger partial charge on any atom is 0.254 e. The number of hydrogen-bond donors (Lipinski definition) is 1. The summed E-state index contributed by atoms with van der Waals surface area (Å²) in [5, 5.41) is 4.20. The van der Waals surface area contributed by atoms with Crippen molar-refractivity contribution in [1.29, 1.82) is 0 Å². The lowest BCUT2D eigenvalue weighted by atomic mass is 10.1. The largest absolute Gasteiger partial charge is 0.373 e. The van der Waals surface area contributed by atoms with Gasteiger partial charge >= 0.3 is 0 Å². The molecular formula is C17H19N3O3. The van der Waals surface area contributed by atoms with Crippen molar-refractivity contribution in [2.75, 3.05) is 26.2 Å². The molecule has 6 nitrogen and oxygen atoms in total. The molecule has 0 bridgehead atoms. The first-order valence-corrected chi connectivity index (χ1v) is 7.88. The average molecular weight is 313 g/mol. The van der Waals surface area contributed by atoms with Gasteiger partial charge in [0, 0.05) is 38.1 Å². The van der Waals surface area contributed by atoms with Gasteiger partial charge in [0.1, 0.15) is 0 Å². The van der Waals surface area contributed by atoms with Gasteiger partial charge in [-0.15, -0.1) is 0 Å². The fourth-order valence-electron chi connectivity index (χ4n) is 3.52. The lowest BCUT2D eigenvalue weighted by Gasteiger charge is -2.25. The number of rotatable bonds is 1. The molecule has 2 atom stereocenters. The number of morpholine rings is 1. The van der Waals surface area contributed by atoms with Crippen molar-refractivity contribution >= 4 is 16.8 Å². The molecule has 1 N–H and O–H groups in total. The molecule has 3 heterocycles. The second kappa shape index (κ2) is 5.47. The van der Waals surface area contributed by atoms with E-state index in [1.807, 2.05) is 24.3 Å². The van der Waals surface area contributed by atoms with E-state index in [0.717, 1.165) is 17.4 Å². The zero-order valence-corrected chi connectivity index (χ0v) is 13.0. The minimum absolute atomic E-state index is 0.0468. The molecule has 0 spiro atoms. The van der Waals surface area contributed by atoms with Crippen molar-refractivity contribution in [2.45, 2.75) is 12.1 Å². The molecule has 2 aliphatic rings. The first-order chi connectivity index (χ1) is 11.1. The number of ether oxygens (including phenoxy) is 1. The van der Waals surface area contributed by atoms with Crippen LogP contribution < -0.4 is 10.9 Å². The maximum absolute atomic E-state index is 13.0. The third-order valence-electron chi connectivity index (χ3n) is 4.78. The number of benzene rings is 1. The molecule has 2 aliphatic heterocycles. The highest BCUT2D eigenvalue weighted by Gasteiger charge is 2.38. The first-order valence-electron chi connectivity index (χ1n) is 7.88. The predicted molar refractivity (Wildman–Crippen MR) is 86.6 cm³/mol. The second-order valence-corrected chi connectivity index (χ2v) is 6.15. The number of aryl methyl sites for hydroxylation is 1. The van der Waals surface area contributed by atoms with Gasteiger partial charge in [-0.3, -0.25) is 9.59 Å². The monoisotopic (exact) mass is 313 g/mol. The van der Waals surface area contributed by atoms with Crippen molar-refractivity contribution in [3.8, 4) is 0 Å². The molecule has 4 rings (SSSR count). The Morgan fingerprint density at radius 3 is 2.96 bits per heavy atom. The van der Waals surface area contributed by atoms with Gasteiger partial charge in [0.25, 0.3) is 11.5 Å². The predicted octanol–water partition coefficient (Wildman–Crippen LogP) is 0.351. The van der Waals surface area contributed by atoms with E-state index in [0.29, 0.717) is 25.3 Å². The molecule has 6 heteroatoms. The third-order valence-corrected chi connectivity index (χ3v) is 4.78. The Bertz CT molecular complexity index is 815. The molecule has 0 aliphatic carbocycles. The van der Waals surface area contributed by atoms with Crippen LogP contribution in [-0.2, 0) is 11.8 Å². The average Bonchev–Trinajstić information content (AvgIpc) is 3.01. The Morgan fingerprint density at radius 2 is 2.13 bits per heavy atom. The van der Waals surface area contributed by atoms with Crippen LogP contribution in [0.1, 0.15) is 10.4 Å². The summed E-state index contributed by atoms with van der Waals surface area (Å²) in [6.07, 6.45) is 0.0468. The number of pyridine rings is 1. The van der Waals surface area contributed by atoms with Gasteiger partial charge in [0.2, 0.25) is 0 Å². The molecule has 1 aromatic carbocycles. The van der Waals surface area contributed by atoms with E-state index in [-0.39, 0.29) is 23.6 Å².